The van der Waals surface area contributed by atoms with Gasteiger partial charge in [0.25, 0.3) is 0 Å². The van der Waals surface area contributed by atoms with Crippen molar-refractivity contribution in [3.05, 3.63) is 64.7 Å². The summed E-state index contributed by atoms with van der Waals surface area (Å²) in [6.45, 7) is 11.9. The van der Waals surface area contributed by atoms with E-state index in [0.717, 1.165) is 25.3 Å². The molecule has 2 heteroatoms. The van der Waals surface area contributed by atoms with Gasteiger partial charge < -0.3 is 4.74 Å². The van der Waals surface area contributed by atoms with E-state index in [1.165, 1.54) is 22.3 Å². The molecule has 0 saturated carbocycles. The number of aryl methyl sites for hydroxylation is 1. The fraction of sp³-hybridized carbons (Fsp3) is 0.429. The molecule has 0 aliphatic carbocycles. The molecule has 0 aromatic heterocycles. The molecule has 1 heterocycles. The Hall–Kier alpha value is -1.80. The predicted molar refractivity (Wildman–Crippen MR) is 95.8 cm³/mol. The highest BCUT2D eigenvalue weighted by Crippen LogP contribution is 2.33. The van der Waals surface area contributed by atoms with E-state index in [-0.39, 0.29) is 5.54 Å². The van der Waals surface area contributed by atoms with Crippen molar-refractivity contribution in [1.82, 2.24) is 4.90 Å². The predicted octanol–water partition coefficient (Wildman–Crippen LogP) is 4.73. The van der Waals surface area contributed by atoms with Crippen molar-refractivity contribution in [2.45, 2.75) is 52.8 Å². The normalized spacial score (nSPS) is 15.3. The quantitative estimate of drug-likeness (QED) is 0.812. The lowest BCUT2D eigenvalue weighted by atomic mass is 9.91. The lowest BCUT2D eigenvalue weighted by Gasteiger charge is -2.40. The fourth-order valence-corrected chi connectivity index (χ4v) is 3.24. The van der Waals surface area contributed by atoms with E-state index >= 15 is 0 Å². The molecule has 2 aromatic rings. The van der Waals surface area contributed by atoms with Crippen molar-refractivity contribution in [1.29, 1.82) is 0 Å². The Kier molecular flexibility index (Phi) is 4.45. The number of rotatable bonds is 3. The number of hydrogen-bond acceptors (Lipinski definition) is 2. The molecule has 1 aliphatic rings. The van der Waals surface area contributed by atoms with Gasteiger partial charge in [-0.05, 0) is 56.9 Å². The van der Waals surface area contributed by atoms with Gasteiger partial charge in [-0.1, -0.05) is 36.4 Å². The number of benzene rings is 2. The monoisotopic (exact) mass is 309 g/mol. The van der Waals surface area contributed by atoms with Gasteiger partial charge in [-0.25, -0.2) is 0 Å². The lowest BCUT2D eigenvalue weighted by Crippen LogP contribution is -2.44. The molecular formula is C21H27NO. The van der Waals surface area contributed by atoms with Crippen LogP contribution in [0.2, 0.25) is 0 Å². The third-order valence-electron chi connectivity index (χ3n) is 4.79. The second-order valence-corrected chi connectivity index (χ2v) is 7.45. The maximum Gasteiger partial charge on any atom is 0.123 e. The van der Waals surface area contributed by atoms with Gasteiger partial charge in [-0.3, -0.25) is 4.90 Å². The number of nitrogens with zero attached hydrogens (tertiary/aromatic N) is 1. The molecule has 122 valence electrons. The summed E-state index contributed by atoms with van der Waals surface area (Å²) in [5.41, 5.74) is 5.67. The second-order valence-electron chi connectivity index (χ2n) is 7.45. The fourth-order valence-electron chi connectivity index (χ4n) is 3.24. The first-order valence-electron chi connectivity index (χ1n) is 8.48. The Morgan fingerprint density at radius 1 is 1.00 bits per heavy atom. The van der Waals surface area contributed by atoms with Gasteiger partial charge in [0.2, 0.25) is 0 Å². The minimum atomic E-state index is 0.213. The van der Waals surface area contributed by atoms with Crippen molar-refractivity contribution >= 4 is 0 Å². The van der Waals surface area contributed by atoms with Crippen LogP contribution in [-0.4, -0.2) is 17.0 Å². The molecule has 0 saturated heterocycles. The molecule has 0 spiro atoms. The van der Waals surface area contributed by atoms with Gasteiger partial charge in [-0.2, -0.15) is 0 Å². The zero-order valence-electron chi connectivity index (χ0n) is 14.7. The second kappa shape index (κ2) is 6.37. The molecule has 0 amide bonds. The molecule has 1 aliphatic heterocycles. The van der Waals surface area contributed by atoms with Crippen LogP contribution in [0.3, 0.4) is 0 Å². The van der Waals surface area contributed by atoms with Crippen molar-refractivity contribution in [2.24, 2.45) is 0 Å². The van der Waals surface area contributed by atoms with Crippen LogP contribution in [0.25, 0.3) is 0 Å². The Morgan fingerprint density at radius 2 is 1.74 bits per heavy atom. The average molecular weight is 309 g/mol. The molecule has 3 rings (SSSR count). The van der Waals surface area contributed by atoms with E-state index in [1.807, 2.05) is 6.07 Å². The maximum atomic E-state index is 6.15. The van der Waals surface area contributed by atoms with E-state index in [2.05, 4.69) is 69.0 Å². The lowest BCUT2D eigenvalue weighted by molar-refractivity contribution is 0.119. The van der Waals surface area contributed by atoms with Gasteiger partial charge >= 0.3 is 0 Å². The third-order valence-corrected chi connectivity index (χ3v) is 4.79. The van der Waals surface area contributed by atoms with Gasteiger partial charge in [-0.15, -0.1) is 0 Å². The first kappa shape index (κ1) is 16.1. The SMILES string of the molecule is Cc1ccc(OCc2ccccc2)c2c1CN(C(C)(C)C)CC2. The van der Waals surface area contributed by atoms with Crippen LogP contribution in [0.1, 0.15) is 43.0 Å². The largest absolute Gasteiger partial charge is 0.489 e. The molecule has 2 nitrogen and oxygen atoms in total. The van der Waals surface area contributed by atoms with Gasteiger partial charge in [0.15, 0.2) is 0 Å². The van der Waals surface area contributed by atoms with Crippen LogP contribution in [-0.2, 0) is 19.6 Å². The van der Waals surface area contributed by atoms with E-state index in [1.54, 1.807) is 0 Å². The van der Waals surface area contributed by atoms with E-state index in [9.17, 15) is 0 Å². The van der Waals surface area contributed by atoms with Crippen molar-refractivity contribution < 1.29 is 4.74 Å². The minimum Gasteiger partial charge on any atom is -0.489 e. The highest BCUT2D eigenvalue weighted by Gasteiger charge is 2.28. The van der Waals surface area contributed by atoms with Crippen LogP contribution >= 0.6 is 0 Å². The van der Waals surface area contributed by atoms with Crippen molar-refractivity contribution in [3.63, 3.8) is 0 Å². The van der Waals surface area contributed by atoms with E-state index < -0.39 is 0 Å². The van der Waals surface area contributed by atoms with Crippen LogP contribution < -0.4 is 4.74 Å². The molecule has 0 bridgehead atoms. The van der Waals surface area contributed by atoms with Crippen molar-refractivity contribution in [3.8, 4) is 5.75 Å². The Labute approximate surface area is 140 Å². The summed E-state index contributed by atoms with van der Waals surface area (Å²) in [6, 6.07) is 14.7. The molecule has 0 atom stereocenters. The van der Waals surface area contributed by atoms with E-state index in [0.29, 0.717) is 6.61 Å². The molecule has 0 N–H and O–H groups in total. The van der Waals surface area contributed by atoms with Gasteiger partial charge in [0, 0.05) is 24.2 Å². The van der Waals surface area contributed by atoms with Gasteiger partial charge in [0.05, 0.1) is 0 Å². The molecule has 23 heavy (non-hydrogen) atoms. The van der Waals surface area contributed by atoms with Crippen LogP contribution in [0.15, 0.2) is 42.5 Å². The molecular weight excluding hydrogens is 282 g/mol. The maximum absolute atomic E-state index is 6.15. The van der Waals surface area contributed by atoms with Crippen LogP contribution in [0, 0.1) is 6.92 Å². The Bertz CT molecular complexity index is 670. The first-order chi connectivity index (χ1) is 10.9. The summed E-state index contributed by atoms with van der Waals surface area (Å²) in [5.74, 6) is 1.06. The number of fused-ring (bicyclic) bond motifs is 1. The average Bonchev–Trinajstić information content (AvgIpc) is 2.54. The summed E-state index contributed by atoms with van der Waals surface area (Å²) < 4.78 is 6.15. The Morgan fingerprint density at radius 3 is 2.43 bits per heavy atom. The number of ether oxygens (including phenoxy) is 1. The summed E-state index contributed by atoms with van der Waals surface area (Å²) in [4.78, 5) is 2.56. The molecule has 2 aromatic carbocycles. The molecule has 0 fully saturated rings. The molecule has 0 unspecified atom stereocenters. The smallest absolute Gasteiger partial charge is 0.123 e. The minimum absolute atomic E-state index is 0.213. The van der Waals surface area contributed by atoms with Crippen LogP contribution in [0.4, 0.5) is 0 Å². The zero-order valence-corrected chi connectivity index (χ0v) is 14.7. The van der Waals surface area contributed by atoms with Crippen molar-refractivity contribution in [2.75, 3.05) is 6.54 Å². The Balaban J connectivity index is 1.82. The first-order valence-corrected chi connectivity index (χ1v) is 8.48. The standard InChI is InChI=1S/C21H27NO/c1-16-10-11-20(23-15-17-8-6-5-7-9-17)18-12-13-22(14-19(16)18)21(2,3)4/h5-11H,12-15H2,1-4H3. The third kappa shape index (κ3) is 3.59. The highest BCUT2D eigenvalue weighted by atomic mass is 16.5. The number of hydrogen-bond donors (Lipinski definition) is 0. The molecule has 0 radical (unpaired) electrons. The summed E-state index contributed by atoms with van der Waals surface area (Å²) in [7, 11) is 0. The van der Waals surface area contributed by atoms with Gasteiger partial charge in [0.1, 0.15) is 12.4 Å². The summed E-state index contributed by atoms with van der Waals surface area (Å²) in [5, 5.41) is 0. The topological polar surface area (TPSA) is 12.5 Å². The summed E-state index contributed by atoms with van der Waals surface area (Å²) in [6.07, 6.45) is 1.07. The van der Waals surface area contributed by atoms with E-state index in [4.69, 9.17) is 4.74 Å². The zero-order chi connectivity index (χ0) is 16.4. The highest BCUT2D eigenvalue weighted by molar-refractivity contribution is 5.46. The summed E-state index contributed by atoms with van der Waals surface area (Å²) >= 11 is 0. The van der Waals surface area contributed by atoms with Crippen LogP contribution in [0.5, 0.6) is 5.75 Å².